The fourth-order valence-corrected chi connectivity index (χ4v) is 4.71. The van der Waals surface area contributed by atoms with Crippen molar-refractivity contribution >= 4 is 26.8 Å². The van der Waals surface area contributed by atoms with Crippen molar-refractivity contribution in [3.05, 3.63) is 77.6 Å². The Bertz CT molecular complexity index is 1500. The minimum absolute atomic E-state index is 0.172. The van der Waals surface area contributed by atoms with E-state index in [4.69, 9.17) is 4.74 Å². The Morgan fingerprint density at radius 1 is 1.09 bits per heavy atom. The van der Waals surface area contributed by atoms with Crippen molar-refractivity contribution in [1.82, 2.24) is 14.9 Å². The third kappa shape index (κ3) is 4.26. The molecule has 1 aliphatic heterocycles. The maximum absolute atomic E-state index is 13.1. The number of nitrogens with one attached hydrogen (secondary N) is 1. The number of amides is 1. The SMILES string of the molecule is CS(=O)(=O)c1ccc(C(=O)N2CCOc3ccc(-c4ccc5nc(CF)[nH]c5c4)cc3C2)cc1. The summed E-state index contributed by atoms with van der Waals surface area (Å²) in [6, 6.07) is 17.5. The van der Waals surface area contributed by atoms with Crippen LogP contribution in [-0.4, -0.2) is 48.6 Å². The molecule has 0 saturated heterocycles. The lowest BCUT2D eigenvalue weighted by atomic mass is 10.0. The smallest absolute Gasteiger partial charge is 0.254 e. The molecule has 34 heavy (non-hydrogen) atoms. The van der Waals surface area contributed by atoms with Crippen LogP contribution in [0, 0.1) is 0 Å². The fraction of sp³-hybridized carbons (Fsp3) is 0.200. The van der Waals surface area contributed by atoms with Gasteiger partial charge < -0.3 is 14.6 Å². The van der Waals surface area contributed by atoms with Crippen LogP contribution in [0.25, 0.3) is 22.2 Å². The molecule has 1 aromatic heterocycles. The van der Waals surface area contributed by atoms with Crippen molar-refractivity contribution in [2.45, 2.75) is 18.1 Å². The largest absolute Gasteiger partial charge is 0.491 e. The van der Waals surface area contributed by atoms with Gasteiger partial charge in [0.05, 0.1) is 22.5 Å². The molecule has 0 atom stereocenters. The monoisotopic (exact) mass is 479 g/mol. The second kappa shape index (κ2) is 8.57. The summed E-state index contributed by atoms with van der Waals surface area (Å²) in [7, 11) is -3.33. The van der Waals surface area contributed by atoms with Gasteiger partial charge in [0.1, 0.15) is 24.9 Å². The molecule has 0 aliphatic carbocycles. The summed E-state index contributed by atoms with van der Waals surface area (Å²) in [4.78, 5) is 22.2. The number of hydrogen-bond donors (Lipinski definition) is 1. The molecule has 1 N–H and O–H groups in total. The molecule has 1 aliphatic rings. The molecule has 1 amide bonds. The maximum Gasteiger partial charge on any atom is 0.254 e. The Morgan fingerprint density at radius 3 is 2.56 bits per heavy atom. The molecular formula is C25H22FN3O4S. The molecule has 0 radical (unpaired) electrons. The number of imidazole rings is 1. The third-order valence-electron chi connectivity index (χ3n) is 5.85. The molecule has 0 fully saturated rings. The number of benzene rings is 3. The van der Waals surface area contributed by atoms with Crippen LogP contribution in [0.4, 0.5) is 4.39 Å². The van der Waals surface area contributed by atoms with Crippen molar-refractivity contribution in [3.8, 4) is 16.9 Å². The summed E-state index contributed by atoms with van der Waals surface area (Å²) in [6.45, 7) is 0.462. The van der Waals surface area contributed by atoms with Gasteiger partial charge in [0.25, 0.3) is 5.91 Å². The van der Waals surface area contributed by atoms with E-state index in [1.165, 1.54) is 24.3 Å². The number of aromatic nitrogens is 2. The molecule has 4 aromatic rings. The van der Waals surface area contributed by atoms with E-state index in [2.05, 4.69) is 9.97 Å². The van der Waals surface area contributed by atoms with Gasteiger partial charge in [-0.2, -0.15) is 0 Å². The molecule has 2 heterocycles. The lowest BCUT2D eigenvalue weighted by Crippen LogP contribution is -2.32. The first kappa shape index (κ1) is 22.1. The minimum Gasteiger partial charge on any atom is -0.491 e. The van der Waals surface area contributed by atoms with Gasteiger partial charge in [-0.1, -0.05) is 12.1 Å². The second-order valence-corrected chi connectivity index (χ2v) is 10.3. The highest BCUT2D eigenvalue weighted by atomic mass is 32.2. The van der Waals surface area contributed by atoms with E-state index in [1.807, 2.05) is 36.4 Å². The highest BCUT2D eigenvalue weighted by Crippen LogP contribution is 2.31. The number of alkyl halides is 1. The van der Waals surface area contributed by atoms with Crippen molar-refractivity contribution in [2.24, 2.45) is 0 Å². The Labute approximate surface area is 196 Å². The van der Waals surface area contributed by atoms with Crippen LogP contribution in [0.5, 0.6) is 5.75 Å². The van der Waals surface area contributed by atoms with E-state index in [-0.39, 0.29) is 10.8 Å². The Balaban J connectivity index is 1.42. The number of hydrogen-bond acceptors (Lipinski definition) is 5. The fourth-order valence-electron chi connectivity index (χ4n) is 4.08. The van der Waals surface area contributed by atoms with Gasteiger partial charge in [0, 0.05) is 23.9 Å². The summed E-state index contributed by atoms with van der Waals surface area (Å²) in [5, 5.41) is 0. The van der Waals surface area contributed by atoms with Crippen LogP contribution < -0.4 is 4.74 Å². The zero-order chi connectivity index (χ0) is 23.9. The van der Waals surface area contributed by atoms with Crippen LogP contribution in [0.3, 0.4) is 0 Å². The number of fused-ring (bicyclic) bond motifs is 2. The predicted molar refractivity (Wildman–Crippen MR) is 126 cm³/mol. The molecular weight excluding hydrogens is 457 g/mol. The van der Waals surface area contributed by atoms with Crippen molar-refractivity contribution in [2.75, 3.05) is 19.4 Å². The van der Waals surface area contributed by atoms with E-state index >= 15 is 0 Å². The zero-order valence-corrected chi connectivity index (χ0v) is 19.2. The molecule has 3 aromatic carbocycles. The summed E-state index contributed by atoms with van der Waals surface area (Å²) >= 11 is 0. The highest BCUT2D eigenvalue weighted by molar-refractivity contribution is 7.90. The Morgan fingerprint density at radius 2 is 1.82 bits per heavy atom. The van der Waals surface area contributed by atoms with E-state index in [1.54, 1.807) is 4.90 Å². The normalized spacial score (nSPS) is 13.9. The van der Waals surface area contributed by atoms with Crippen LogP contribution in [0.2, 0.25) is 0 Å². The van der Waals surface area contributed by atoms with Crippen LogP contribution in [0.15, 0.2) is 65.6 Å². The van der Waals surface area contributed by atoms with Gasteiger partial charge in [0.2, 0.25) is 0 Å². The average Bonchev–Trinajstić information content (AvgIpc) is 3.13. The number of nitrogens with zero attached hydrogens (tertiary/aromatic N) is 2. The lowest BCUT2D eigenvalue weighted by molar-refractivity contribution is 0.0733. The summed E-state index contributed by atoms with van der Waals surface area (Å²) in [5.41, 5.74) is 4.61. The van der Waals surface area contributed by atoms with Gasteiger partial charge in [-0.05, 0) is 59.7 Å². The Hall–Kier alpha value is -3.72. The van der Waals surface area contributed by atoms with Crippen molar-refractivity contribution < 1.29 is 22.3 Å². The summed E-state index contributed by atoms with van der Waals surface area (Å²) in [5.74, 6) is 0.814. The Kier molecular flexibility index (Phi) is 5.57. The highest BCUT2D eigenvalue weighted by Gasteiger charge is 2.22. The number of sulfone groups is 1. The van der Waals surface area contributed by atoms with E-state index in [0.29, 0.717) is 42.4 Å². The number of aromatic amines is 1. The molecule has 9 heteroatoms. The van der Waals surface area contributed by atoms with Gasteiger partial charge >= 0.3 is 0 Å². The molecule has 0 unspecified atom stereocenters. The number of carbonyl (C=O) groups excluding carboxylic acids is 1. The van der Waals surface area contributed by atoms with Crippen LogP contribution in [-0.2, 0) is 23.1 Å². The maximum atomic E-state index is 13.1. The molecule has 0 spiro atoms. The number of carbonyl (C=O) groups is 1. The van der Waals surface area contributed by atoms with Gasteiger partial charge in [-0.15, -0.1) is 0 Å². The molecule has 174 valence electrons. The first-order valence-corrected chi connectivity index (χ1v) is 12.6. The van der Waals surface area contributed by atoms with Gasteiger partial charge in [-0.25, -0.2) is 17.8 Å². The standard InChI is InChI=1S/C25H22FN3O4S/c1-34(31,32)20-6-2-16(3-7-20)25(30)29-10-11-33-23-9-5-17(12-19(23)15-29)18-4-8-21-22(13-18)28-24(14-26)27-21/h2-9,12-13H,10-11,14-15H2,1H3,(H,27,28). The van der Waals surface area contributed by atoms with Crippen molar-refractivity contribution in [3.63, 3.8) is 0 Å². The van der Waals surface area contributed by atoms with E-state index < -0.39 is 16.5 Å². The van der Waals surface area contributed by atoms with Gasteiger partial charge in [0.15, 0.2) is 9.84 Å². The van der Waals surface area contributed by atoms with Crippen molar-refractivity contribution in [1.29, 1.82) is 0 Å². The topological polar surface area (TPSA) is 92.4 Å². The molecule has 0 saturated carbocycles. The second-order valence-electron chi connectivity index (χ2n) is 8.24. The van der Waals surface area contributed by atoms with Crippen LogP contribution >= 0.6 is 0 Å². The van der Waals surface area contributed by atoms with Crippen LogP contribution in [0.1, 0.15) is 21.7 Å². The predicted octanol–water partition coefficient (Wildman–Crippen LogP) is 4.14. The first-order valence-electron chi connectivity index (χ1n) is 10.7. The first-order chi connectivity index (χ1) is 16.3. The average molecular weight is 480 g/mol. The quantitative estimate of drug-likeness (QED) is 0.475. The number of halogens is 1. The third-order valence-corrected chi connectivity index (χ3v) is 6.98. The molecule has 5 rings (SSSR count). The molecule has 0 bridgehead atoms. The minimum atomic E-state index is -3.33. The summed E-state index contributed by atoms with van der Waals surface area (Å²) in [6.07, 6.45) is 1.13. The van der Waals surface area contributed by atoms with Gasteiger partial charge in [-0.3, -0.25) is 4.79 Å². The summed E-state index contributed by atoms with van der Waals surface area (Å²) < 4.78 is 42.2. The van der Waals surface area contributed by atoms with E-state index in [9.17, 15) is 17.6 Å². The lowest BCUT2D eigenvalue weighted by Gasteiger charge is -2.20. The number of rotatable bonds is 4. The number of ether oxygens (including phenoxy) is 1. The zero-order valence-electron chi connectivity index (χ0n) is 18.4. The number of H-pyrrole nitrogens is 1. The van der Waals surface area contributed by atoms with E-state index in [0.717, 1.165) is 28.5 Å². The molecule has 7 nitrogen and oxygen atoms in total.